The van der Waals surface area contributed by atoms with E-state index in [4.69, 9.17) is 10.4 Å². The average molecular weight is 369 g/mol. The van der Waals surface area contributed by atoms with Gasteiger partial charge < -0.3 is 0 Å². The smallest absolute Gasteiger partial charge is 0.280 e. The van der Waals surface area contributed by atoms with Crippen molar-refractivity contribution in [1.29, 1.82) is 5.26 Å². The fourth-order valence-electron chi connectivity index (χ4n) is 2.71. The number of aromatic amines is 1. The van der Waals surface area contributed by atoms with Crippen LogP contribution in [0.25, 0.3) is 16.9 Å². The number of aryl methyl sites for hydroxylation is 2. The zero-order valence-corrected chi connectivity index (χ0v) is 14.8. The summed E-state index contributed by atoms with van der Waals surface area (Å²) in [5.41, 5.74) is 2.29. The van der Waals surface area contributed by atoms with Crippen molar-refractivity contribution in [3.8, 4) is 23.0 Å². The van der Waals surface area contributed by atoms with Gasteiger partial charge in [0.2, 0.25) is 10.0 Å². The predicted octanol–water partition coefficient (Wildman–Crippen LogP) is 1.36. The van der Waals surface area contributed by atoms with Crippen LogP contribution in [0.5, 0.6) is 0 Å². The van der Waals surface area contributed by atoms with E-state index in [0.29, 0.717) is 27.9 Å². The van der Waals surface area contributed by atoms with Gasteiger partial charge in [-0.05, 0) is 43.2 Å². The van der Waals surface area contributed by atoms with Gasteiger partial charge in [0.1, 0.15) is 4.90 Å². The second-order valence-corrected chi connectivity index (χ2v) is 7.32. The summed E-state index contributed by atoms with van der Waals surface area (Å²) >= 11 is 0. The number of nitrogens with two attached hydrogens (primary N) is 1. The van der Waals surface area contributed by atoms with Crippen molar-refractivity contribution in [2.45, 2.75) is 18.7 Å². The first-order valence-corrected chi connectivity index (χ1v) is 9.09. The van der Waals surface area contributed by atoms with E-state index in [-0.39, 0.29) is 16.3 Å². The van der Waals surface area contributed by atoms with Crippen LogP contribution in [0.3, 0.4) is 0 Å². The Morgan fingerprint density at radius 1 is 1.23 bits per heavy atom. The van der Waals surface area contributed by atoms with Crippen LogP contribution < -0.4 is 10.7 Å². The number of hydrogen-bond acceptors (Lipinski definition) is 5. The third-order valence-electron chi connectivity index (χ3n) is 3.96. The number of primary sulfonamides is 1. The number of rotatable bonds is 3. The van der Waals surface area contributed by atoms with Gasteiger partial charge in [-0.1, -0.05) is 12.1 Å². The highest BCUT2D eigenvalue weighted by molar-refractivity contribution is 7.89. The molecule has 0 fully saturated rings. The molecular formula is C17H15N5O3S. The van der Waals surface area contributed by atoms with Gasteiger partial charge in [-0.15, -0.1) is 0 Å². The molecule has 1 aromatic carbocycles. The van der Waals surface area contributed by atoms with Crippen molar-refractivity contribution in [2.24, 2.45) is 5.14 Å². The molecule has 2 heterocycles. The molecule has 8 nitrogen and oxygen atoms in total. The van der Waals surface area contributed by atoms with Crippen molar-refractivity contribution in [3.63, 3.8) is 0 Å². The lowest BCUT2D eigenvalue weighted by Crippen LogP contribution is -2.19. The van der Waals surface area contributed by atoms with Gasteiger partial charge in [0.25, 0.3) is 5.56 Å². The number of sulfonamides is 1. The number of nitrogens with zero attached hydrogens (tertiary/aromatic N) is 3. The molecule has 0 unspecified atom stereocenters. The largest absolute Gasteiger partial charge is 0.293 e. The first-order valence-electron chi connectivity index (χ1n) is 7.54. The predicted molar refractivity (Wildman–Crippen MR) is 95.2 cm³/mol. The Labute approximate surface area is 149 Å². The average Bonchev–Trinajstić information content (AvgIpc) is 2.88. The summed E-state index contributed by atoms with van der Waals surface area (Å²) in [6, 6.07) is 10.2. The van der Waals surface area contributed by atoms with Crippen molar-refractivity contribution in [1.82, 2.24) is 14.8 Å². The van der Waals surface area contributed by atoms with E-state index in [2.05, 4.69) is 10.1 Å². The molecule has 9 heteroatoms. The number of aromatic nitrogens is 3. The molecule has 0 spiro atoms. The third kappa shape index (κ3) is 3.03. The fourth-order valence-corrected chi connectivity index (χ4v) is 3.42. The Hall–Kier alpha value is -3.22. The summed E-state index contributed by atoms with van der Waals surface area (Å²) in [5, 5.41) is 17.0. The quantitative estimate of drug-likeness (QED) is 0.719. The van der Waals surface area contributed by atoms with E-state index in [0.717, 1.165) is 6.20 Å². The maximum Gasteiger partial charge on any atom is 0.280 e. The number of nitrogens with one attached hydrogen (secondary N) is 1. The molecule has 2 aromatic heterocycles. The Balaban J connectivity index is 2.13. The number of H-pyrrole nitrogens is 1. The van der Waals surface area contributed by atoms with Gasteiger partial charge >= 0.3 is 0 Å². The highest BCUT2D eigenvalue weighted by Crippen LogP contribution is 2.21. The van der Waals surface area contributed by atoms with Crippen LogP contribution in [0.1, 0.15) is 16.8 Å². The van der Waals surface area contributed by atoms with Crippen LogP contribution in [-0.2, 0) is 10.0 Å². The van der Waals surface area contributed by atoms with Gasteiger partial charge in [-0.25, -0.2) is 23.2 Å². The summed E-state index contributed by atoms with van der Waals surface area (Å²) < 4.78 is 24.2. The van der Waals surface area contributed by atoms with E-state index >= 15 is 0 Å². The highest BCUT2D eigenvalue weighted by Gasteiger charge is 2.17. The molecule has 0 aliphatic carbocycles. The highest BCUT2D eigenvalue weighted by atomic mass is 32.2. The second kappa shape index (κ2) is 6.25. The lowest BCUT2D eigenvalue weighted by Gasteiger charge is -2.06. The van der Waals surface area contributed by atoms with E-state index < -0.39 is 10.0 Å². The van der Waals surface area contributed by atoms with E-state index in [1.165, 1.54) is 10.7 Å². The molecular weight excluding hydrogens is 354 g/mol. The Bertz CT molecular complexity index is 1200. The Kier molecular flexibility index (Phi) is 4.23. The zero-order valence-electron chi connectivity index (χ0n) is 14.0. The van der Waals surface area contributed by atoms with Crippen molar-refractivity contribution < 1.29 is 8.42 Å². The molecule has 0 saturated heterocycles. The summed E-state index contributed by atoms with van der Waals surface area (Å²) in [6.45, 7) is 3.32. The molecule has 0 saturated carbocycles. The van der Waals surface area contributed by atoms with Crippen molar-refractivity contribution in [3.05, 3.63) is 63.7 Å². The lowest BCUT2D eigenvalue weighted by atomic mass is 10.1. The van der Waals surface area contributed by atoms with E-state index in [9.17, 15) is 13.2 Å². The standard InChI is InChI=1S/C17H15N5O3S/c1-10-7-15(20-9-14(10)26(19,24)25)22-17(23)16(11(2)21-22)13-5-3-12(8-18)4-6-13/h3-7,9,21H,1-2H3,(H2,19,24,25). The topological polar surface area (TPSA) is 135 Å². The van der Waals surface area contributed by atoms with Crippen LogP contribution >= 0.6 is 0 Å². The summed E-state index contributed by atoms with van der Waals surface area (Å²) in [5.74, 6) is 0.253. The molecule has 0 aliphatic heterocycles. The SMILES string of the molecule is Cc1cc(-n2[nH]c(C)c(-c3ccc(C#N)cc3)c2=O)ncc1S(N)(=O)=O. The zero-order chi connectivity index (χ0) is 19.1. The van der Waals surface area contributed by atoms with Crippen LogP contribution in [0.15, 0.2) is 46.2 Å². The molecule has 26 heavy (non-hydrogen) atoms. The second-order valence-electron chi connectivity index (χ2n) is 5.79. The first kappa shape index (κ1) is 17.6. The van der Waals surface area contributed by atoms with Gasteiger partial charge in [-0.2, -0.15) is 5.26 Å². The van der Waals surface area contributed by atoms with Crippen LogP contribution in [0.4, 0.5) is 0 Å². The minimum Gasteiger partial charge on any atom is -0.293 e. The monoisotopic (exact) mass is 369 g/mol. The number of benzene rings is 1. The van der Waals surface area contributed by atoms with E-state index in [1.807, 2.05) is 6.07 Å². The maximum atomic E-state index is 12.8. The van der Waals surface area contributed by atoms with Crippen molar-refractivity contribution >= 4 is 10.0 Å². The first-order chi connectivity index (χ1) is 12.2. The third-order valence-corrected chi connectivity index (χ3v) is 5.00. The Morgan fingerprint density at radius 2 is 1.88 bits per heavy atom. The minimum absolute atomic E-state index is 0.0927. The molecule has 132 valence electrons. The van der Waals surface area contributed by atoms with Crippen LogP contribution in [0.2, 0.25) is 0 Å². The lowest BCUT2D eigenvalue weighted by molar-refractivity contribution is 0.596. The van der Waals surface area contributed by atoms with Gasteiger partial charge in [0, 0.05) is 11.9 Å². The molecule has 0 amide bonds. The molecule has 3 rings (SSSR count). The van der Waals surface area contributed by atoms with E-state index in [1.54, 1.807) is 38.1 Å². The van der Waals surface area contributed by atoms with Gasteiger partial charge in [0.15, 0.2) is 5.82 Å². The summed E-state index contributed by atoms with van der Waals surface area (Å²) in [7, 11) is -3.88. The minimum atomic E-state index is -3.88. The molecule has 0 radical (unpaired) electrons. The number of nitriles is 1. The van der Waals surface area contributed by atoms with Crippen LogP contribution in [-0.4, -0.2) is 23.2 Å². The molecule has 3 aromatic rings. The fraction of sp³-hybridized carbons (Fsp3) is 0.118. The van der Waals surface area contributed by atoms with Crippen molar-refractivity contribution in [2.75, 3.05) is 0 Å². The number of pyridine rings is 1. The molecule has 3 N–H and O–H groups in total. The maximum absolute atomic E-state index is 12.8. The molecule has 0 bridgehead atoms. The molecule has 0 aliphatic rings. The number of hydrogen-bond donors (Lipinski definition) is 2. The Morgan fingerprint density at radius 3 is 2.42 bits per heavy atom. The van der Waals surface area contributed by atoms with Crippen LogP contribution in [0, 0.1) is 25.2 Å². The normalized spacial score (nSPS) is 11.3. The summed E-state index contributed by atoms with van der Waals surface area (Å²) in [6.07, 6.45) is 1.13. The van der Waals surface area contributed by atoms with Gasteiger partial charge in [0.05, 0.1) is 17.2 Å². The molecule has 0 atom stereocenters. The summed E-state index contributed by atoms with van der Waals surface area (Å²) in [4.78, 5) is 16.8. The van der Waals surface area contributed by atoms with Gasteiger partial charge in [-0.3, -0.25) is 9.89 Å².